The van der Waals surface area contributed by atoms with E-state index < -0.39 is 0 Å². The van der Waals surface area contributed by atoms with E-state index in [2.05, 4.69) is 182 Å². The Labute approximate surface area is 393 Å². The Morgan fingerprint density at radius 1 is 0.265 bits per heavy atom. The normalized spacial score (nSPS) is 12.8. The van der Waals surface area contributed by atoms with Crippen molar-refractivity contribution in [2.24, 2.45) is 0 Å². The number of hydrogen-bond donors (Lipinski definition) is 0. The summed E-state index contributed by atoms with van der Waals surface area (Å²) in [6.45, 7) is 0. The van der Waals surface area contributed by atoms with Crippen molar-refractivity contribution in [3.05, 3.63) is 259 Å². The lowest BCUT2D eigenvalue weighted by Crippen LogP contribution is -2.25. The van der Waals surface area contributed by atoms with Gasteiger partial charge in [0, 0.05) is 27.5 Å². The van der Waals surface area contributed by atoms with Crippen LogP contribution in [0.4, 0.5) is 0 Å². The Morgan fingerprint density at radius 2 is 0.721 bits per heavy atom. The third-order valence-electron chi connectivity index (χ3n) is 14.2. The summed E-state index contributed by atoms with van der Waals surface area (Å²) in [5, 5.41) is 1.97. The van der Waals surface area contributed by atoms with E-state index in [0.717, 1.165) is 66.4 Å². The number of fused-ring (bicyclic) bond motifs is 13. The molecule has 68 heavy (non-hydrogen) atoms. The summed E-state index contributed by atoms with van der Waals surface area (Å²) in [5.74, 6) is 1.81. The molecular formula is C64H39N3O. The average molecular weight is 866 g/mol. The van der Waals surface area contributed by atoms with Crippen molar-refractivity contribution in [3.8, 4) is 89.8 Å². The van der Waals surface area contributed by atoms with Crippen molar-refractivity contribution in [1.82, 2.24) is 15.0 Å². The first-order valence-electron chi connectivity index (χ1n) is 23.2. The summed E-state index contributed by atoms with van der Waals surface area (Å²) < 4.78 is 6.59. The van der Waals surface area contributed by atoms with Gasteiger partial charge in [-0.05, 0) is 108 Å². The molecule has 4 heteroatoms. The van der Waals surface area contributed by atoms with Gasteiger partial charge in [0.2, 0.25) is 0 Å². The van der Waals surface area contributed by atoms with Gasteiger partial charge >= 0.3 is 0 Å². The van der Waals surface area contributed by atoms with Crippen molar-refractivity contribution < 1.29 is 4.42 Å². The standard InChI is InChI=1S/C64H39N3O/c1-3-17-40(18-4-1)46-23-7-8-27-50(46)62-65-61(41-19-5-2-6-20-41)66-63(67-62)51-28-16-32-59-60(51)53-39-45(34-36-58(53)68-59)43-22-15-21-42(37-43)44-33-35-57-52(38-44)49-26-11-14-31-56(49)64(57)54-29-12-9-24-47(54)48-25-10-13-30-55(48)64/h1-39H. The molecule has 0 unspecified atom stereocenters. The Kier molecular flexibility index (Phi) is 8.46. The number of furan rings is 1. The molecule has 12 aromatic rings. The van der Waals surface area contributed by atoms with Gasteiger partial charge in [0.05, 0.1) is 5.41 Å². The molecule has 0 bridgehead atoms. The zero-order valence-electron chi connectivity index (χ0n) is 36.8. The molecule has 0 saturated heterocycles. The highest BCUT2D eigenvalue weighted by Crippen LogP contribution is 2.63. The second kappa shape index (κ2) is 15.0. The van der Waals surface area contributed by atoms with Crippen LogP contribution < -0.4 is 0 Å². The molecular weight excluding hydrogens is 827 g/mol. The van der Waals surface area contributed by atoms with Gasteiger partial charge in [-0.25, -0.2) is 15.0 Å². The molecule has 0 aliphatic heterocycles. The number of nitrogens with zero attached hydrogens (tertiary/aromatic N) is 3. The number of benzene rings is 10. The Bertz CT molecular complexity index is 3940. The number of aromatic nitrogens is 3. The fraction of sp³-hybridized carbons (Fsp3) is 0.0156. The van der Waals surface area contributed by atoms with E-state index in [1.807, 2.05) is 54.6 Å². The molecule has 2 aromatic heterocycles. The highest BCUT2D eigenvalue weighted by atomic mass is 16.3. The Morgan fingerprint density at radius 3 is 1.40 bits per heavy atom. The molecule has 2 heterocycles. The molecule has 2 aliphatic rings. The minimum Gasteiger partial charge on any atom is -0.456 e. The van der Waals surface area contributed by atoms with E-state index >= 15 is 0 Å². The molecule has 4 nitrogen and oxygen atoms in total. The molecule has 1 spiro atoms. The molecule has 0 amide bonds. The van der Waals surface area contributed by atoms with Gasteiger partial charge in [-0.2, -0.15) is 0 Å². The predicted octanol–water partition coefficient (Wildman–Crippen LogP) is 16.1. The third-order valence-corrected chi connectivity index (χ3v) is 14.2. The van der Waals surface area contributed by atoms with Crippen LogP contribution in [0.1, 0.15) is 22.3 Å². The lowest BCUT2D eigenvalue weighted by molar-refractivity contribution is 0.669. The fourth-order valence-corrected chi connectivity index (χ4v) is 11.2. The lowest BCUT2D eigenvalue weighted by atomic mass is 9.70. The summed E-state index contributed by atoms with van der Waals surface area (Å²) in [6, 6.07) is 84.5. The molecule has 0 saturated carbocycles. The molecule has 2 aliphatic carbocycles. The van der Waals surface area contributed by atoms with E-state index in [4.69, 9.17) is 19.4 Å². The van der Waals surface area contributed by atoms with Crippen LogP contribution in [0, 0.1) is 0 Å². The monoisotopic (exact) mass is 865 g/mol. The van der Waals surface area contributed by atoms with Crippen LogP contribution in [-0.4, -0.2) is 15.0 Å². The number of rotatable bonds is 6. The maximum Gasteiger partial charge on any atom is 0.164 e. The SMILES string of the molecule is c1ccc(-c2nc(-c3ccccc3-c3ccccc3)nc(-c3cccc4oc5ccc(-c6cccc(-c7ccc8c(c7)-c7ccccc7C87c8ccccc8-c8ccccc87)c6)cc5c34)n2)cc1. The van der Waals surface area contributed by atoms with Crippen LogP contribution in [0.2, 0.25) is 0 Å². The molecule has 0 atom stereocenters. The van der Waals surface area contributed by atoms with Crippen molar-refractivity contribution in [2.45, 2.75) is 5.41 Å². The van der Waals surface area contributed by atoms with Crippen LogP contribution in [0.25, 0.3) is 112 Å². The minimum absolute atomic E-state index is 0.361. The molecule has 316 valence electrons. The van der Waals surface area contributed by atoms with E-state index in [0.29, 0.717) is 17.5 Å². The molecule has 0 radical (unpaired) electrons. The van der Waals surface area contributed by atoms with Crippen LogP contribution in [-0.2, 0) is 5.41 Å². The molecule has 0 fully saturated rings. The zero-order valence-corrected chi connectivity index (χ0v) is 36.8. The highest BCUT2D eigenvalue weighted by Gasteiger charge is 2.51. The van der Waals surface area contributed by atoms with Crippen LogP contribution in [0.15, 0.2) is 241 Å². The Balaban J connectivity index is 0.891. The van der Waals surface area contributed by atoms with E-state index in [1.165, 1.54) is 50.1 Å². The van der Waals surface area contributed by atoms with Gasteiger partial charge in [0.25, 0.3) is 0 Å². The van der Waals surface area contributed by atoms with E-state index in [-0.39, 0.29) is 5.41 Å². The van der Waals surface area contributed by atoms with Crippen molar-refractivity contribution in [1.29, 1.82) is 0 Å². The summed E-state index contributed by atoms with van der Waals surface area (Å²) in [5.41, 5.74) is 21.3. The average Bonchev–Trinajstić information content (AvgIpc) is 4.05. The quantitative estimate of drug-likeness (QED) is 0.167. The van der Waals surface area contributed by atoms with Crippen LogP contribution >= 0.6 is 0 Å². The minimum atomic E-state index is -0.361. The van der Waals surface area contributed by atoms with E-state index in [1.54, 1.807) is 0 Å². The first-order valence-corrected chi connectivity index (χ1v) is 23.2. The second-order valence-corrected chi connectivity index (χ2v) is 17.8. The summed E-state index contributed by atoms with van der Waals surface area (Å²) in [6.07, 6.45) is 0. The summed E-state index contributed by atoms with van der Waals surface area (Å²) >= 11 is 0. The first-order chi connectivity index (χ1) is 33.7. The lowest BCUT2D eigenvalue weighted by Gasteiger charge is -2.30. The smallest absolute Gasteiger partial charge is 0.164 e. The van der Waals surface area contributed by atoms with Gasteiger partial charge in [-0.3, -0.25) is 0 Å². The van der Waals surface area contributed by atoms with Crippen LogP contribution in [0.3, 0.4) is 0 Å². The zero-order chi connectivity index (χ0) is 44.8. The topological polar surface area (TPSA) is 51.8 Å². The first kappa shape index (κ1) is 38.3. The van der Waals surface area contributed by atoms with E-state index in [9.17, 15) is 0 Å². The maximum atomic E-state index is 6.59. The largest absolute Gasteiger partial charge is 0.456 e. The van der Waals surface area contributed by atoms with Gasteiger partial charge in [-0.15, -0.1) is 0 Å². The summed E-state index contributed by atoms with van der Waals surface area (Å²) in [4.78, 5) is 15.6. The van der Waals surface area contributed by atoms with Crippen molar-refractivity contribution in [3.63, 3.8) is 0 Å². The van der Waals surface area contributed by atoms with Gasteiger partial charge in [-0.1, -0.05) is 206 Å². The maximum absolute atomic E-state index is 6.59. The van der Waals surface area contributed by atoms with Gasteiger partial charge < -0.3 is 4.42 Å². The number of hydrogen-bond acceptors (Lipinski definition) is 4. The van der Waals surface area contributed by atoms with Crippen molar-refractivity contribution in [2.75, 3.05) is 0 Å². The van der Waals surface area contributed by atoms with Gasteiger partial charge in [0.15, 0.2) is 17.5 Å². The van der Waals surface area contributed by atoms with Crippen LogP contribution in [0.5, 0.6) is 0 Å². The van der Waals surface area contributed by atoms with Gasteiger partial charge in [0.1, 0.15) is 11.2 Å². The third kappa shape index (κ3) is 5.71. The molecule has 14 rings (SSSR count). The van der Waals surface area contributed by atoms with Crippen molar-refractivity contribution >= 4 is 21.9 Å². The summed E-state index contributed by atoms with van der Waals surface area (Å²) in [7, 11) is 0. The Hall–Kier alpha value is -8.99. The highest BCUT2D eigenvalue weighted by molar-refractivity contribution is 6.13. The molecule has 10 aromatic carbocycles. The fourth-order valence-electron chi connectivity index (χ4n) is 11.2. The molecule has 0 N–H and O–H groups in total. The predicted molar refractivity (Wildman–Crippen MR) is 276 cm³/mol. The second-order valence-electron chi connectivity index (χ2n) is 17.8.